The lowest BCUT2D eigenvalue weighted by Crippen LogP contribution is -2.29. The number of halogens is 1. The number of carbonyl (C=O) groups excluding carboxylic acids is 1. The van der Waals surface area contributed by atoms with Crippen LogP contribution < -0.4 is 20.3 Å². The van der Waals surface area contributed by atoms with E-state index >= 15 is 0 Å². The zero-order chi connectivity index (χ0) is 22.0. The average molecular weight is 425 g/mol. The number of anilines is 3. The van der Waals surface area contributed by atoms with Gasteiger partial charge < -0.3 is 25.2 Å². The van der Waals surface area contributed by atoms with E-state index in [9.17, 15) is 4.79 Å². The van der Waals surface area contributed by atoms with Crippen molar-refractivity contribution in [3.8, 4) is 5.75 Å². The number of aliphatic imine (C=N–C) groups is 2. The van der Waals surface area contributed by atoms with Crippen LogP contribution in [0.4, 0.5) is 17.1 Å². The fourth-order valence-corrected chi connectivity index (χ4v) is 2.67. The van der Waals surface area contributed by atoms with E-state index in [1.165, 1.54) is 0 Å². The van der Waals surface area contributed by atoms with Gasteiger partial charge in [0.05, 0.1) is 24.2 Å². The highest BCUT2D eigenvalue weighted by molar-refractivity contribution is 6.19. The van der Waals surface area contributed by atoms with Crippen molar-refractivity contribution in [2.45, 2.75) is 26.3 Å². The van der Waals surface area contributed by atoms with Crippen LogP contribution in [0.5, 0.6) is 5.75 Å². The number of carbonyl (C=O) groups is 1. The van der Waals surface area contributed by atoms with Gasteiger partial charge in [0.25, 0.3) is 0 Å². The summed E-state index contributed by atoms with van der Waals surface area (Å²) in [5.41, 5.74) is 2.12. The van der Waals surface area contributed by atoms with Crippen LogP contribution in [0.25, 0.3) is 0 Å². The predicted molar refractivity (Wildman–Crippen MR) is 125 cm³/mol. The number of rotatable bonds is 10. The Kier molecular flexibility index (Phi) is 10.5. The molecule has 0 heterocycles. The molecule has 1 rings (SSSR count). The van der Waals surface area contributed by atoms with E-state index < -0.39 is 0 Å². The molecule has 9 heteroatoms. The maximum atomic E-state index is 12.2. The number of benzene rings is 1. The highest BCUT2D eigenvalue weighted by atomic mass is 35.5. The summed E-state index contributed by atoms with van der Waals surface area (Å²) in [5, 5.41) is 6.08. The second-order valence-corrected chi connectivity index (χ2v) is 7.49. The Labute approximate surface area is 179 Å². The normalized spacial score (nSPS) is 11.6. The van der Waals surface area contributed by atoms with Gasteiger partial charge in [0.2, 0.25) is 11.9 Å². The summed E-state index contributed by atoms with van der Waals surface area (Å²) in [7, 11) is 7.60. The lowest BCUT2D eigenvalue weighted by molar-refractivity contribution is -0.115. The van der Waals surface area contributed by atoms with Gasteiger partial charge in [-0.3, -0.25) is 4.79 Å². The van der Waals surface area contributed by atoms with Crippen LogP contribution in [-0.2, 0) is 4.79 Å². The summed E-state index contributed by atoms with van der Waals surface area (Å²) < 4.78 is 5.57. The van der Waals surface area contributed by atoms with Crippen LogP contribution in [-0.4, -0.2) is 76.7 Å². The maximum Gasteiger partial charge on any atom is 0.225 e. The van der Waals surface area contributed by atoms with Crippen LogP contribution in [0.3, 0.4) is 0 Å². The first-order valence-electron chi connectivity index (χ1n) is 9.47. The molecular formula is C20H33ClN6O2. The van der Waals surface area contributed by atoms with E-state index in [2.05, 4.69) is 37.1 Å². The van der Waals surface area contributed by atoms with Gasteiger partial charge in [-0.25, -0.2) is 9.98 Å². The Morgan fingerprint density at radius 2 is 1.90 bits per heavy atom. The molecule has 0 radical (unpaired) electrons. The van der Waals surface area contributed by atoms with Gasteiger partial charge in [0.15, 0.2) is 0 Å². The van der Waals surface area contributed by atoms with Crippen LogP contribution in [0.1, 0.15) is 20.3 Å². The third-order valence-corrected chi connectivity index (χ3v) is 4.17. The number of guanidine groups is 1. The minimum Gasteiger partial charge on any atom is -0.494 e. The van der Waals surface area contributed by atoms with E-state index in [0.717, 1.165) is 18.8 Å². The number of nitrogens with one attached hydrogen (secondary N) is 2. The smallest absolute Gasteiger partial charge is 0.225 e. The average Bonchev–Trinajstić information content (AvgIpc) is 2.65. The molecule has 1 amide bonds. The molecule has 29 heavy (non-hydrogen) atoms. The molecule has 8 nitrogen and oxygen atoms in total. The largest absolute Gasteiger partial charge is 0.494 e. The highest BCUT2D eigenvalue weighted by Gasteiger charge is 2.17. The molecule has 0 fully saturated rings. The van der Waals surface area contributed by atoms with Gasteiger partial charge in [-0.15, -0.1) is 11.6 Å². The number of methoxy groups -OCH3 is 1. The van der Waals surface area contributed by atoms with Crippen molar-refractivity contribution in [1.82, 2.24) is 4.90 Å². The van der Waals surface area contributed by atoms with Crippen LogP contribution in [0.2, 0.25) is 0 Å². The Bertz CT molecular complexity index is 721. The number of amides is 1. The molecule has 0 aliphatic heterocycles. The third kappa shape index (κ3) is 8.29. The molecule has 0 unspecified atom stereocenters. The molecule has 1 aromatic carbocycles. The van der Waals surface area contributed by atoms with Crippen molar-refractivity contribution in [3.63, 3.8) is 0 Å². The van der Waals surface area contributed by atoms with Crippen molar-refractivity contribution in [3.05, 3.63) is 12.1 Å². The second kappa shape index (κ2) is 12.3. The molecule has 0 saturated carbocycles. The van der Waals surface area contributed by atoms with E-state index in [0.29, 0.717) is 23.1 Å². The standard InChI is InChI=1S/C20H33ClN6O2/c1-14(2)23-20(22-3)25-16-12-15(24-19(28)8-9-21)17(13-18(16)29-7)27(6)11-10-26(4)5/h12-14H,3,8-11H2,1-2,4-7H3,(H,23,25)(H,24,28). The van der Waals surface area contributed by atoms with Crippen molar-refractivity contribution in [2.75, 3.05) is 62.8 Å². The summed E-state index contributed by atoms with van der Waals surface area (Å²) in [6, 6.07) is 3.74. The molecular weight excluding hydrogens is 392 g/mol. The molecule has 0 aromatic heterocycles. The van der Waals surface area contributed by atoms with E-state index in [1.54, 1.807) is 7.11 Å². The van der Waals surface area contributed by atoms with E-state index in [-0.39, 0.29) is 24.2 Å². The first-order chi connectivity index (χ1) is 13.7. The Morgan fingerprint density at radius 1 is 1.21 bits per heavy atom. The van der Waals surface area contributed by atoms with Crippen molar-refractivity contribution in [1.29, 1.82) is 0 Å². The summed E-state index contributed by atoms with van der Waals surface area (Å²) in [5.74, 6) is 1.08. The van der Waals surface area contributed by atoms with Gasteiger partial charge in [0.1, 0.15) is 5.75 Å². The fourth-order valence-electron chi connectivity index (χ4n) is 2.50. The van der Waals surface area contributed by atoms with Crippen LogP contribution in [0, 0.1) is 0 Å². The van der Waals surface area contributed by atoms with Gasteiger partial charge in [-0.1, -0.05) is 0 Å². The van der Waals surface area contributed by atoms with E-state index in [4.69, 9.17) is 16.3 Å². The predicted octanol–water partition coefficient (Wildman–Crippen LogP) is 3.14. The number of ether oxygens (including phenoxy) is 1. The summed E-state index contributed by atoms with van der Waals surface area (Å²) in [6.07, 6.45) is 0.228. The highest BCUT2D eigenvalue weighted by Crippen LogP contribution is 2.37. The number of nitrogens with zero attached hydrogens (tertiary/aromatic N) is 4. The zero-order valence-electron chi connectivity index (χ0n) is 18.3. The van der Waals surface area contributed by atoms with Gasteiger partial charge >= 0.3 is 0 Å². The summed E-state index contributed by atoms with van der Waals surface area (Å²) in [6.45, 7) is 9.10. The SMILES string of the molecule is C=N/C(=N\C(C)C)Nc1cc(NC(=O)CCCl)c(N(C)CCN(C)C)cc1OC. The Balaban J connectivity index is 3.36. The molecule has 0 aliphatic carbocycles. The maximum absolute atomic E-state index is 12.2. The quantitative estimate of drug-likeness (QED) is 0.342. The van der Waals surface area contributed by atoms with Crippen LogP contribution >= 0.6 is 11.6 Å². The Morgan fingerprint density at radius 3 is 2.41 bits per heavy atom. The summed E-state index contributed by atoms with van der Waals surface area (Å²) >= 11 is 5.72. The van der Waals surface area contributed by atoms with Gasteiger partial charge in [-0.05, 0) is 40.7 Å². The zero-order valence-corrected chi connectivity index (χ0v) is 19.0. The summed E-state index contributed by atoms with van der Waals surface area (Å²) in [4.78, 5) is 24.7. The molecule has 0 bridgehead atoms. The minimum absolute atomic E-state index is 0.0494. The number of alkyl halides is 1. The first kappa shape index (κ1) is 24.7. The van der Waals surface area contributed by atoms with Crippen LogP contribution in [0.15, 0.2) is 22.1 Å². The lowest BCUT2D eigenvalue weighted by atomic mass is 10.2. The molecule has 1 aromatic rings. The van der Waals surface area contributed by atoms with Gasteiger partial charge in [-0.2, -0.15) is 0 Å². The number of hydrogen-bond donors (Lipinski definition) is 2. The third-order valence-electron chi connectivity index (χ3n) is 3.98. The molecule has 162 valence electrons. The Hall–Kier alpha value is -2.32. The lowest BCUT2D eigenvalue weighted by Gasteiger charge is -2.26. The number of hydrogen-bond acceptors (Lipinski definition) is 5. The molecule has 2 N–H and O–H groups in total. The second-order valence-electron chi connectivity index (χ2n) is 7.11. The van der Waals surface area contributed by atoms with E-state index in [1.807, 2.05) is 47.1 Å². The van der Waals surface area contributed by atoms with Gasteiger partial charge in [0, 0.05) is 44.5 Å². The minimum atomic E-state index is -0.156. The fraction of sp³-hybridized carbons (Fsp3) is 0.550. The molecule has 0 spiro atoms. The topological polar surface area (TPSA) is 81.6 Å². The van der Waals surface area contributed by atoms with Crippen molar-refractivity contribution < 1.29 is 9.53 Å². The van der Waals surface area contributed by atoms with Crippen molar-refractivity contribution >= 4 is 47.2 Å². The molecule has 0 aliphatic rings. The van der Waals surface area contributed by atoms with Crippen molar-refractivity contribution in [2.24, 2.45) is 9.98 Å². The first-order valence-corrected chi connectivity index (χ1v) is 10.0. The molecule has 0 saturated heterocycles. The molecule has 0 atom stereocenters. The number of likely N-dealkylation sites (N-methyl/N-ethyl adjacent to an activating group) is 2. The monoisotopic (exact) mass is 424 g/mol.